The van der Waals surface area contributed by atoms with E-state index < -0.39 is 23.6 Å². The molecule has 2 N–H and O–H groups in total. The molecule has 3 aromatic carbocycles. The monoisotopic (exact) mass is 391 g/mol. The van der Waals surface area contributed by atoms with E-state index in [2.05, 4.69) is 5.32 Å². The highest BCUT2D eigenvalue weighted by Gasteiger charge is 2.43. The van der Waals surface area contributed by atoms with Gasteiger partial charge in [-0.2, -0.15) is 0 Å². The lowest BCUT2D eigenvalue weighted by Gasteiger charge is -2.42. The topological polar surface area (TPSA) is 58.6 Å². The number of carbonyl (C=O) groups excluding carboxylic acids is 1. The van der Waals surface area contributed by atoms with Gasteiger partial charge in [-0.25, -0.2) is 4.39 Å². The molecule has 4 nitrogen and oxygen atoms in total. The largest absolute Gasteiger partial charge is 0.485 e. The third-order valence-corrected chi connectivity index (χ3v) is 5.25. The van der Waals surface area contributed by atoms with E-state index in [1.807, 2.05) is 48.5 Å². The summed E-state index contributed by atoms with van der Waals surface area (Å²) in [5.74, 6) is -0.182. The lowest BCUT2D eigenvalue weighted by Crippen LogP contribution is -2.53. The molecule has 2 atom stereocenters. The van der Waals surface area contributed by atoms with Crippen molar-refractivity contribution < 1.29 is 19.0 Å². The smallest absolute Gasteiger partial charge is 0.251 e. The molecule has 148 valence electrons. The SMILES string of the molecule is CC1(C)Oc2ccc(-c3ccccc3)cc2C(NC(=O)c2ccc(F)cc2)C1O. The number of amides is 1. The molecule has 1 aliphatic heterocycles. The first-order chi connectivity index (χ1) is 13.8. The number of halogens is 1. The molecule has 0 spiro atoms. The quantitative estimate of drug-likeness (QED) is 0.691. The van der Waals surface area contributed by atoms with Gasteiger partial charge in [-0.3, -0.25) is 4.79 Å². The number of hydrogen-bond acceptors (Lipinski definition) is 3. The average Bonchev–Trinajstić information content (AvgIpc) is 2.72. The van der Waals surface area contributed by atoms with Crippen molar-refractivity contribution in [3.05, 3.63) is 89.7 Å². The fourth-order valence-corrected chi connectivity index (χ4v) is 3.59. The number of carbonyl (C=O) groups is 1. The Labute approximate surface area is 169 Å². The van der Waals surface area contributed by atoms with Gasteiger partial charge in [-0.1, -0.05) is 36.4 Å². The maximum absolute atomic E-state index is 13.2. The van der Waals surface area contributed by atoms with E-state index in [4.69, 9.17) is 4.74 Å². The van der Waals surface area contributed by atoms with Crippen molar-refractivity contribution in [3.8, 4) is 16.9 Å². The molecule has 0 radical (unpaired) electrons. The van der Waals surface area contributed by atoms with Gasteiger partial charge in [0.25, 0.3) is 5.91 Å². The fourth-order valence-electron chi connectivity index (χ4n) is 3.59. The lowest BCUT2D eigenvalue weighted by molar-refractivity contribution is -0.0627. The summed E-state index contributed by atoms with van der Waals surface area (Å²) in [7, 11) is 0. The van der Waals surface area contributed by atoms with Crippen LogP contribution in [0.5, 0.6) is 5.75 Å². The van der Waals surface area contributed by atoms with Gasteiger partial charge in [0.2, 0.25) is 0 Å². The first-order valence-corrected chi connectivity index (χ1v) is 9.48. The first-order valence-electron chi connectivity index (χ1n) is 9.48. The van der Waals surface area contributed by atoms with Crippen LogP contribution in [0.4, 0.5) is 4.39 Å². The molecular weight excluding hydrogens is 369 g/mol. The van der Waals surface area contributed by atoms with Crippen LogP contribution in [0.3, 0.4) is 0 Å². The van der Waals surface area contributed by atoms with Gasteiger partial charge >= 0.3 is 0 Å². The van der Waals surface area contributed by atoms with Crippen molar-refractivity contribution in [2.24, 2.45) is 0 Å². The minimum Gasteiger partial charge on any atom is -0.485 e. The van der Waals surface area contributed by atoms with E-state index in [0.29, 0.717) is 16.9 Å². The molecule has 0 saturated carbocycles. The molecule has 0 aliphatic carbocycles. The molecule has 0 saturated heterocycles. The highest BCUT2D eigenvalue weighted by atomic mass is 19.1. The Balaban J connectivity index is 1.72. The minimum absolute atomic E-state index is 0.323. The van der Waals surface area contributed by atoms with Gasteiger partial charge in [0, 0.05) is 11.1 Å². The van der Waals surface area contributed by atoms with Gasteiger partial charge in [0.05, 0.1) is 6.04 Å². The summed E-state index contributed by atoms with van der Waals surface area (Å²) in [4.78, 5) is 12.8. The summed E-state index contributed by atoms with van der Waals surface area (Å²) in [5, 5.41) is 13.8. The highest BCUT2D eigenvalue weighted by molar-refractivity contribution is 5.94. The number of rotatable bonds is 3. The van der Waals surface area contributed by atoms with Crippen LogP contribution in [-0.2, 0) is 0 Å². The average molecular weight is 391 g/mol. The summed E-state index contributed by atoms with van der Waals surface area (Å²) in [6.07, 6.45) is -0.967. The number of hydrogen-bond donors (Lipinski definition) is 2. The zero-order valence-corrected chi connectivity index (χ0v) is 16.2. The summed E-state index contributed by atoms with van der Waals surface area (Å²) in [5.41, 5.74) is 2.12. The Kier molecular flexibility index (Phi) is 4.84. The molecule has 0 aromatic heterocycles. The Morgan fingerprint density at radius 2 is 1.69 bits per heavy atom. The summed E-state index contributed by atoms with van der Waals surface area (Å²) >= 11 is 0. The molecule has 4 rings (SSSR count). The molecule has 1 aliphatic rings. The summed E-state index contributed by atoms with van der Waals surface area (Å²) in [6.45, 7) is 3.56. The molecule has 3 aromatic rings. The molecule has 2 unspecified atom stereocenters. The number of fused-ring (bicyclic) bond motifs is 1. The van der Waals surface area contributed by atoms with E-state index in [0.717, 1.165) is 11.1 Å². The molecule has 1 heterocycles. The number of benzene rings is 3. The van der Waals surface area contributed by atoms with Crippen LogP contribution >= 0.6 is 0 Å². The molecule has 0 fully saturated rings. The molecule has 1 amide bonds. The van der Waals surface area contributed by atoms with E-state index >= 15 is 0 Å². The summed E-state index contributed by atoms with van der Waals surface area (Å²) < 4.78 is 19.2. The van der Waals surface area contributed by atoms with E-state index in [9.17, 15) is 14.3 Å². The standard InChI is InChI=1S/C24H22FNO3/c1-24(2)22(27)21(26-23(28)16-8-11-18(25)12-9-16)19-14-17(10-13-20(19)29-24)15-6-4-3-5-7-15/h3-14,21-22,27H,1-2H3,(H,26,28). The third-order valence-electron chi connectivity index (χ3n) is 5.25. The Morgan fingerprint density at radius 3 is 2.38 bits per heavy atom. The third kappa shape index (κ3) is 3.74. The number of ether oxygens (including phenoxy) is 1. The highest BCUT2D eigenvalue weighted by Crippen LogP contribution is 2.41. The number of nitrogens with one attached hydrogen (secondary N) is 1. The Bertz CT molecular complexity index is 1030. The zero-order valence-electron chi connectivity index (χ0n) is 16.2. The maximum atomic E-state index is 13.2. The lowest BCUT2D eigenvalue weighted by atomic mass is 9.85. The predicted molar refractivity (Wildman–Crippen MR) is 109 cm³/mol. The van der Waals surface area contributed by atoms with Gasteiger partial charge in [0.15, 0.2) is 0 Å². The van der Waals surface area contributed by atoms with Crippen molar-refractivity contribution in [3.63, 3.8) is 0 Å². The second-order valence-electron chi connectivity index (χ2n) is 7.73. The van der Waals surface area contributed by atoms with Crippen LogP contribution in [0, 0.1) is 5.82 Å². The van der Waals surface area contributed by atoms with E-state index in [-0.39, 0.29) is 5.91 Å². The molecule has 0 bridgehead atoms. The second kappa shape index (κ2) is 7.33. The first kappa shape index (κ1) is 19.2. The van der Waals surface area contributed by atoms with Gasteiger partial charge in [-0.15, -0.1) is 0 Å². The van der Waals surface area contributed by atoms with Crippen LogP contribution in [-0.4, -0.2) is 22.7 Å². The Hall–Kier alpha value is -3.18. The normalized spacial score (nSPS) is 19.7. The van der Waals surface area contributed by atoms with Crippen molar-refractivity contribution in [2.45, 2.75) is 31.6 Å². The predicted octanol–water partition coefficient (Wildman–Crippen LogP) is 4.50. The fraction of sp³-hybridized carbons (Fsp3) is 0.208. The van der Waals surface area contributed by atoms with Crippen molar-refractivity contribution in [1.29, 1.82) is 0 Å². The molecule has 29 heavy (non-hydrogen) atoms. The van der Waals surface area contributed by atoms with Crippen LogP contribution in [0.25, 0.3) is 11.1 Å². The Morgan fingerprint density at radius 1 is 1.00 bits per heavy atom. The second-order valence-corrected chi connectivity index (χ2v) is 7.73. The minimum atomic E-state index is -0.967. The van der Waals surface area contributed by atoms with Gasteiger partial charge in [-0.05, 0) is 61.4 Å². The molecular formula is C24H22FNO3. The maximum Gasteiger partial charge on any atom is 0.251 e. The van der Waals surface area contributed by atoms with Crippen LogP contribution in [0.15, 0.2) is 72.8 Å². The van der Waals surface area contributed by atoms with Gasteiger partial charge in [0.1, 0.15) is 23.3 Å². The van der Waals surface area contributed by atoms with Crippen molar-refractivity contribution >= 4 is 5.91 Å². The zero-order chi connectivity index (χ0) is 20.6. The van der Waals surface area contributed by atoms with E-state index in [1.54, 1.807) is 13.8 Å². The summed E-state index contributed by atoms with van der Waals surface area (Å²) in [6, 6.07) is 20.2. The molecule has 5 heteroatoms. The van der Waals surface area contributed by atoms with E-state index in [1.165, 1.54) is 24.3 Å². The number of aliphatic hydroxyl groups is 1. The van der Waals surface area contributed by atoms with Crippen molar-refractivity contribution in [1.82, 2.24) is 5.32 Å². The van der Waals surface area contributed by atoms with Gasteiger partial charge < -0.3 is 15.2 Å². The van der Waals surface area contributed by atoms with Crippen LogP contribution in [0.2, 0.25) is 0 Å². The van der Waals surface area contributed by atoms with Crippen LogP contribution < -0.4 is 10.1 Å². The van der Waals surface area contributed by atoms with Crippen LogP contribution in [0.1, 0.15) is 35.8 Å². The van der Waals surface area contributed by atoms with Crippen molar-refractivity contribution in [2.75, 3.05) is 0 Å². The number of aliphatic hydroxyl groups excluding tert-OH is 1.